The Kier molecular flexibility index (Phi) is 4.84. The number of alkyl halides is 3. The van der Waals surface area contributed by atoms with E-state index in [0.29, 0.717) is 4.90 Å². The summed E-state index contributed by atoms with van der Waals surface area (Å²) in [6.07, 6.45) is -4.31. The Hall–Kier alpha value is -0.210. The Labute approximate surface area is 135 Å². The molecule has 0 aliphatic carbocycles. The van der Waals surface area contributed by atoms with E-state index in [1.54, 1.807) is 28.7 Å². The van der Waals surface area contributed by atoms with Crippen LogP contribution in [0, 0.1) is 3.57 Å². The molecule has 2 aromatic carbocycles. The molecule has 0 radical (unpaired) electrons. The fourth-order valence-electron chi connectivity index (χ4n) is 1.42. The van der Waals surface area contributed by atoms with Gasteiger partial charge in [0, 0.05) is 17.8 Å². The summed E-state index contributed by atoms with van der Waals surface area (Å²) in [5.41, 5.74) is -0.588. The van der Waals surface area contributed by atoms with E-state index < -0.39 is 11.7 Å². The first-order valence-corrected chi connectivity index (χ1v) is 7.85. The summed E-state index contributed by atoms with van der Waals surface area (Å²) in [5, 5.41) is 0. The maximum Gasteiger partial charge on any atom is 0.417 e. The lowest BCUT2D eigenvalue weighted by Crippen LogP contribution is -2.07. The molecule has 2 rings (SSSR count). The standard InChI is InChI=1S/C13H7BrF3IS/c14-8-1-3-9(4-2-8)19-10-5-6-12(18)11(7-10)13(15,16)17/h1-7H. The van der Waals surface area contributed by atoms with Crippen LogP contribution >= 0.6 is 50.3 Å². The normalized spacial score (nSPS) is 11.6. The van der Waals surface area contributed by atoms with Gasteiger partial charge in [-0.1, -0.05) is 27.7 Å². The molecule has 19 heavy (non-hydrogen) atoms. The highest BCUT2D eigenvalue weighted by atomic mass is 127. The maximum absolute atomic E-state index is 12.8. The summed E-state index contributed by atoms with van der Waals surface area (Å²) >= 11 is 6.33. The predicted octanol–water partition coefficient (Wildman–Crippen LogP) is 6.22. The molecule has 0 N–H and O–H groups in total. The molecule has 0 aliphatic rings. The monoisotopic (exact) mass is 458 g/mol. The van der Waals surface area contributed by atoms with Crippen LogP contribution in [0.3, 0.4) is 0 Å². The van der Waals surface area contributed by atoms with Crippen molar-refractivity contribution in [3.8, 4) is 0 Å². The first-order chi connectivity index (χ1) is 8.86. The van der Waals surface area contributed by atoms with Gasteiger partial charge in [-0.25, -0.2) is 0 Å². The minimum atomic E-state index is -4.31. The molecule has 0 unspecified atom stereocenters. The van der Waals surface area contributed by atoms with E-state index in [4.69, 9.17) is 0 Å². The van der Waals surface area contributed by atoms with Crippen molar-refractivity contribution in [2.75, 3.05) is 0 Å². The molecule has 0 saturated carbocycles. The quantitative estimate of drug-likeness (QED) is 0.481. The minimum absolute atomic E-state index is 0.213. The van der Waals surface area contributed by atoms with Crippen molar-refractivity contribution >= 4 is 50.3 Å². The molecule has 0 saturated heterocycles. The lowest BCUT2D eigenvalue weighted by Gasteiger charge is -2.11. The third kappa shape index (κ3) is 4.13. The van der Waals surface area contributed by atoms with Gasteiger partial charge in [-0.3, -0.25) is 0 Å². The highest BCUT2D eigenvalue weighted by Crippen LogP contribution is 2.37. The van der Waals surface area contributed by atoms with Crippen LogP contribution in [0.15, 0.2) is 56.7 Å². The zero-order chi connectivity index (χ0) is 14.0. The molecule has 0 aromatic heterocycles. The van der Waals surface area contributed by atoms with Crippen LogP contribution in [0.1, 0.15) is 5.56 Å². The average Bonchev–Trinajstić information content (AvgIpc) is 2.33. The zero-order valence-electron chi connectivity index (χ0n) is 9.34. The van der Waals surface area contributed by atoms with E-state index in [2.05, 4.69) is 15.9 Å². The second kappa shape index (κ2) is 6.05. The molecule has 0 heterocycles. The van der Waals surface area contributed by atoms with Gasteiger partial charge >= 0.3 is 6.18 Å². The highest BCUT2D eigenvalue weighted by molar-refractivity contribution is 14.1. The Bertz CT molecular complexity index is 581. The Morgan fingerprint density at radius 3 is 2.11 bits per heavy atom. The first-order valence-electron chi connectivity index (χ1n) is 5.16. The van der Waals surface area contributed by atoms with Gasteiger partial charge in [0.15, 0.2) is 0 Å². The number of hydrogen-bond acceptors (Lipinski definition) is 1. The van der Waals surface area contributed by atoms with E-state index in [0.717, 1.165) is 9.37 Å². The highest BCUT2D eigenvalue weighted by Gasteiger charge is 2.33. The van der Waals surface area contributed by atoms with Gasteiger partial charge < -0.3 is 0 Å². The third-order valence-corrected chi connectivity index (χ3v) is 4.76. The molecular formula is C13H7BrF3IS. The molecule has 0 spiro atoms. The van der Waals surface area contributed by atoms with Gasteiger partial charge in [0.05, 0.1) is 5.56 Å². The van der Waals surface area contributed by atoms with Gasteiger partial charge in [-0.05, 0) is 65.1 Å². The van der Waals surface area contributed by atoms with Crippen LogP contribution in [0.2, 0.25) is 0 Å². The molecule has 6 heteroatoms. The van der Waals surface area contributed by atoms with Gasteiger partial charge in [-0.15, -0.1) is 0 Å². The summed E-state index contributed by atoms with van der Waals surface area (Å²) < 4.78 is 39.6. The van der Waals surface area contributed by atoms with Crippen molar-refractivity contribution in [1.82, 2.24) is 0 Å². The van der Waals surface area contributed by atoms with Crippen LogP contribution in [0.5, 0.6) is 0 Å². The Morgan fingerprint density at radius 1 is 0.947 bits per heavy atom. The van der Waals surface area contributed by atoms with E-state index in [-0.39, 0.29) is 3.57 Å². The molecule has 0 atom stereocenters. The molecular weight excluding hydrogens is 452 g/mol. The second-order valence-electron chi connectivity index (χ2n) is 3.70. The molecule has 0 amide bonds. The fourth-order valence-corrected chi connectivity index (χ4v) is 3.19. The van der Waals surface area contributed by atoms with Gasteiger partial charge in [-0.2, -0.15) is 13.2 Å². The maximum atomic E-state index is 12.8. The summed E-state index contributed by atoms with van der Waals surface area (Å²) in [6.45, 7) is 0. The molecule has 0 fully saturated rings. The number of rotatable bonds is 2. The van der Waals surface area contributed by atoms with Crippen molar-refractivity contribution in [2.45, 2.75) is 16.0 Å². The van der Waals surface area contributed by atoms with Crippen molar-refractivity contribution in [1.29, 1.82) is 0 Å². The van der Waals surface area contributed by atoms with Crippen LogP contribution in [-0.2, 0) is 6.18 Å². The lowest BCUT2D eigenvalue weighted by atomic mass is 10.2. The van der Waals surface area contributed by atoms with Crippen molar-refractivity contribution in [2.24, 2.45) is 0 Å². The van der Waals surface area contributed by atoms with Crippen molar-refractivity contribution in [3.63, 3.8) is 0 Å². The lowest BCUT2D eigenvalue weighted by molar-refractivity contribution is -0.138. The van der Waals surface area contributed by atoms with E-state index in [1.807, 2.05) is 24.3 Å². The third-order valence-electron chi connectivity index (χ3n) is 2.29. The number of benzene rings is 2. The van der Waals surface area contributed by atoms with E-state index >= 15 is 0 Å². The SMILES string of the molecule is FC(F)(F)c1cc(Sc2ccc(Br)cc2)ccc1I. The fraction of sp³-hybridized carbons (Fsp3) is 0.0769. The van der Waals surface area contributed by atoms with E-state index in [1.165, 1.54) is 23.9 Å². The van der Waals surface area contributed by atoms with Crippen LogP contribution in [0.25, 0.3) is 0 Å². The smallest absolute Gasteiger partial charge is 0.166 e. The molecule has 0 nitrogen and oxygen atoms in total. The second-order valence-corrected chi connectivity index (χ2v) is 6.92. The summed E-state index contributed by atoms with van der Waals surface area (Å²) in [6, 6.07) is 11.8. The predicted molar refractivity (Wildman–Crippen MR) is 82.4 cm³/mol. The van der Waals surface area contributed by atoms with Gasteiger partial charge in [0.2, 0.25) is 0 Å². The Morgan fingerprint density at radius 2 is 1.53 bits per heavy atom. The van der Waals surface area contributed by atoms with Crippen LogP contribution in [-0.4, -0.2) is 0 Å². The molecule has 0 aliphatic heterocycles. The van der Waals surface area contributed by atoms with Crippen molar-refractivity contribution in [3.05, 3.63) is 56.1 Å². The number of hydrogen-bond donors (Lipinski definition) is 0. The molecule has 0 bridgehead atoms. The minimum Gasteiger partial charge on any atom is -0.166 e. The zero-order valence-corrected chi connectivity index (χ0v) is 13.9. The van der Waals surface area contributed by atoms with Crippen molar-refractivity contribution < 1.29 is 13.2 Å². The van der Waals surface area contributed by atoms with Gasteiger partial charge in [0.1, 0.15) is 0 Å². The summed E-state index contributed by atoms with van der Waals surface area (Å²) in [4.78, 5) is 1.48. The summed E-state index contributed by atoms with van der Waals surface area (Å²) in [5.74, 6) is 0. The molecule has 2 aromatic rings. The van der Waals surface area contributed by atoms with Crippen LogP contribution < -0.4 is 0 Å². The van der Waals surface area contributed by atoms with Crippen LogP contribution in [0.4, 0.5) is 13.2 Å². The number of halogens is 5. The Balaban J connectivity index is 2.29. The molecule has 100 valence electrons. The topological polar surface area (TPSA) is 0 Å². The summed E-state index contributed by atoms with van der Waals surface area (Å²) in [7, 11) is 0. The van der Waals surface area contributed by atoms with Gasteiger partial charge in [0.25, 0.3) is 0 Å². The van der Waals surface area contributed by atoms with E-state index in [9.17, 15) is 13.2 Å². The average molecular weight is 459 g/mol. The first kappa shape index (κ1) is 15.2. The largest absolute Gasteiger partial charge is 0.417 e.